The van der Waals surface area contributed by atoms with Crippen molar-refractivity contribution in [3.63, 3.8) is 0 Å². The summed E-state index contributed by atoms with van der Waals surface area (Å²) in [5.74, 6) is 0.245. The van der Waals surface area contributed by atoms with Crippen LogP contribution in [0.15, 0.2) is 22.7 Å². The van der Waals surface area contributed by atoms with E-state index in [1.54, 1.807) is 0 Å². The fraction of sp³-hybridized carbons (Fsp3) is 0.538. The molecule has 0 spiro atoms. The van der Waals surface area contributed by atoms with Crippen molar-refractivity contribution in [3.8, 4) is 0 Å². The van der Waals surface area contributed by atoms with Crippen LogP contribution in [-0.2, 0) is 9.84 Å². The topological polar surface area (TPSA) is 46.2 Å². The first-order valence-electron chi connectivity index (χ1n) is 5.94. The summed E-state index contributed by atoms with van der Waals surface area (Å²) in [5.41, 5.74) is 2.39. The molecular formula is C13H20BrNO2S. The van der Waals surface area contributed by atoms with E-state index in [4.69, 9.17) is 0 Å². The van der Waals surface area contributed by atoms with Crippen molar-refractivity contribution in [2.75, 3.05) is 19.1 Å². The molecular weight excluding hydrogens is 314 g/mol. The van der Waals surface area contributed by atoms with E-state index in [1.165, 1.54) is 17.4 Å². The van der Waals surface area contributed by atoms with E-state index in [0.717, 1.165) is 10.9 Å². The Hall–Kier alpha value is -0.390. The molecule has 3 nitrogen and oxygen atoms in total. The van der Waals surface area contributed by atoms with Crippen LogP contribution in [0.3, 0.4) is 0 Å². The molecule has 5 heteroatoms. The third-order valence-corrected chi connectivity index (χ3v) is 4.64. The lowest BCUT2D eigenvalue weighted by atomic mass is 10.0. The summed E-state index contributed by atoms with van der Waals surface area (Å²) in [6, 6.07) is 6.40. The number of sulfone groups is 1. The van der Waals surface area contributed by atoms with Gasteiger partial charge in [-0.2, -0.15) is 0 Å². The molecule has 0 aliphatic carbocycles. The predicted molar refractivity (Wildman–Crippen MR) is 79.6 cm³/mol. The minimum absolute atomic E-state index is 0.182. The quantitative estimate of drug-likeness (QED) is 0.870. The highest BCUT2D eigenvalue weighted by Gasteiger charge is 2.13. The Morgan fingerprint density at radius 2 is 2.06 bits per heavy atom. The molecule has 0 saturated heterocycles. The first-order valence-corrected chi connectivity index (χ1v) is 8.80. The Morgan fingerprint density at radius 1 is 1.39 bits per heavy atom. The van der Waals surface area contributed by atoms with Crippen molar-refractivity contribution in [2.24, 2.45) is 0 Å². The summed E-state index contributed by atoms with van der Waals surface area (Å²) in [6.45, 7) is 2.05. The van der Waals surface area contributed by atoms with Crippen LogP contribution in [0.2, 0.25) is 0 Å². The van der Waals surface area contributed by atoms with Crippen molar-refractivity contribution < 1.29 is 8.42 Å². The molecule has 1 aromatic rings. The van der Waals surface area contributed by atoms with Gasteiger partial charge in [-0.15, -0.1) is 0 Å². The molecule has 18 heavy (non-hydrogen) atoms. The zero-order valence-corrected chi connectivity index (χ0v) is 13.4. The van der Waals surface area contributed by atoms with Crippen molar-refractivity contribution in [3.05, 3.63) is 33.8 Å². The number of nitrogens with one attached hydrogen (secondary N) is 1. The second-order valence-electron chi connectivity index (χ2n) is 4.64. The molecule has 0 aliphatic rings. The summed E-state index contributed by atoms with van der Waals surface area (Å²) in [5, 5.41) is 3.25. The summed E-state index contributed by atoms with van der Waals surface area (Å²) < 4.78 is 23.3. The normalized spacial score (nSPS) is 13.6. The Morgan fingerprint density at radius 3 is 2.61 bits per heavy atom. The maximum atomic E-state index is 11.1. The zero-order chi connectivity index (χ0) is 13.8. The number of halogens is 1. The minimum atomic E-state index is -2.87. The monoisotopic (exact) mass is 333 g/mol. The van der Waals surface area contributed by atoms with Gasteiger partial charge in [-0.1, -0.05) is 33.6 Å². The van der Waals surface area contributed by atoms with Gasteiger partial charge in [0.15, 0.2) is 0 Å². The largest absolute Gasteiger partial charge is 0.313 e. The highest BCUT2D eigenvalue weighted by Crippen LogP contribution is 2.27. The van der Waals surface area contributed by atoms with Crippen LogP contribution in [0.5, 0.6) is 0 Å². The zero-order valence-electron chi connectivity index (χ0n) is 11.0. The van der Waals surface area contributed by atoms with E-state index in [-0.39, 0.29) is 11.8 Å². The van der Waals surface area contributed by atoms with E-state index < -0.39 is 9.84 Å². The van der Waals surface area contributed by atoms with E-state index >= 15 is 0 Å². The van der Waals surface area contributed by atoms with Crippen LogP contribution in [0.4, 0.5) is 0 Å². The second-order valence-corrected chi connectivity index (χ2v) is 7.75. The maximum Gasteiger partial charge on any atom is 0.147 e. The first-order chi connectivity index (χ1) is 8.33. The number of hydrogen-bond acceptors (Lipinski definition) is 3. The van der Waals surface area contributed by atoms with Gasteiger partial charge >= 0.3 is 0 Å². The van der Waals surface area contributed by atoms with Crippen molar-refractivity contribution in [1.29, 1.82) is 0 Å². The third-order valence-electron chi connectivity index (χ3n) is 2.88. The van der Waals surface area contributed by atoms with Crippen LogP contribution >= 0.6 is 15.9 Å². The summed E-state index contributed by atoms with van der Waals surface area (Å²) in [6.07, 6.45) is 2.76. The third kappa shape index (κ3) is 5.08. The van der Waals surface area contributed by atoms with Gasteiger partial charge in [0.05, 0.1) is 0 Å². The highest BCUT2D eigenvalue weighted by molar-refractivity contribution is 9.10. The second kappa shape index (κ2) is 6.68. The van der Waals surface area contributed by atoms with Gasteiger partial charge in [0, 0.05) is 22.5 Å². The number of rotatable bonds is 6. The Kier molecular flexibility index (Phi) is 5.82. The molecule has 0 heterocycles. The molecule has 1 N–H and O–H groups in total. The lowest BCUT2D eigenvalue weighted by Gasteiger charge is -2.18. The van der Waals surface area contributed by atoms with Crippen LogP contribution in [-0.4, -0.2) is 27.5 Å². The average molecular weight is 334 g/mol. The van der Waals surface area contributed by atoms with Gasteiger partial charge in [-0.25, -0.2) is 8.42 Å². The Balaban J connectivity index is 2.74. The van der Waals surface area contributed by atoms with Gasteiger partial charge in [0.25, 0.3) is 0 Å². The lowest BCUT2D eigenvalue weighted by Crippen LogP contribution is -2.18. The summed E-state index contributed by atoms with van der Waals surface area (Å²) in [4.78, 5) is 0. The molecule has 0 saturated carbocycles. The maximum absolute atomic E-state index is 11.1. The van der Waals surface area contributed by atoms with Gasteiger partial charge in [-0.05, 0) is 38.4 Å². The molecule has 1 rings (SSSR count). The Bertz CT molecular complexity index is 500. The molecule has 1 unspecified atom stereocenters. The van der Waals surface area contributed by atoms with Crippen LogP contribution in [0.1, 0.15) is 30.0 Å². The van der Waals surface area contributed by atoms with Gasteiger partial charge in [-0.3, -0.25) is 0 Å². The van der Waals surface area contributed by atoms with E-state index in [1.807, 2.05) is 13.1 Å². The lowest BCUT2D eigenvalue weighted by molar-refractivity contribution is 0.534. The fourth-order valence-corrected chi connectivity index (χ4v) is 3.15. The fourth-order valence-electron chi connectivity index (χ4n) is 1.94. The first kappa shape index (κ1) is 15.7. The number of benzene rings is 1. The highest BCUT2D eigenvalue weighted by atomic mass is 79.9. The molecule has 0 fully saturated rings. The molecule has 102 valence electrons. The van der Waals surface area contributed by atoms with Crippen LogP contribution < -0.4 is 5.32 Å². The smallest absolute Gasteiger partial charge is 0.147 e. The van der Waals surface area contributed by atoms with Crippen LogP contribution in [0, 0.1) is 6.92 Å². The summed E-state index contributed by atoms with van der Waals surface area (Å²) >= 11 is 3.55. The van der Waals surface area contributed by atoms with Crippen molar-refractivity contribution in [2.45, 2.75) is 25.8 Å². The molecule has 1 atom stereocenters. The predicted octanol–water partition coefficient (Wildman–Crippen LogP) is 2.84. The van der Waals surface area contributed by atoms with Gasteiger partial charge in [0.1, 0.15) is 9.84 Å². The van der Waals surface area contributed by atoms with Crippen LogP contribution in [0.25, 0.3) is 0 Å². The molecule has 0 radical (unpaired) electrons. The van der Waals surface area contributed by atoms with Crippen molar-refractivity contribution in [1.82, 2.24) is 5.32 Å². The molecule has 0 bridgehead atoms. The van der Waals surface area contributed by atoms with E-state index in [0.29, 0.717) is 6.42 Å². The van der Waals surface area contributed by atoms with Gasteiger partial charge in [0.2, 0.25) is 0 Å². The van der Waals surface area contributed by atoms with Crippen molar-refractivity contribution >= 4 is 25.8 Å². The van der Waals surface area contributed by atoms with E-state index in [2.05, 4.69) is 40.3 Å². The average Bonchev–Trinajstić information content (AvgIpc) is 2.27. The SMILES string of the molecule is CNC(CCCS(C)(=O)=O)c1cc(C)ccc1Br. The molecule has 0 aromatic heterocycles. The standard InChI is InChI=1S/C13H20BrNO2S/c1-10-6-7-12(14)11(9-10)13(15-2)5-4-8-18(3,16)17/h6-7,9,13,15H,4-5,8H2,1-3H3. The number of hydrogen-bond donors (Lipinski definition) is 1. The summed E-state index contributed by atoms with van der Waals surface area (Å²) in [7, 11) is -0.965. The minimum Gasteiger partial charge on any atom is -0.313 e. The molecule has 0 amide bonds. The Labute approximate surface area is 118 Å². The molecule has 0 aliphatic heterocycles. The van der Waals surface area contributed by atoms with E-state index in [9.17, 15) is 8.42 Å². The molecule has 1 aromatic carbocycles. The van der Waals surface area contributed by atoms with Gasteiger partial charge < -0.3 is 5.32 Å². The number of aryl methyl sites for hydroxylation is 1.